The van der Waals surface area contributed by atoms with Crippen molar-refractivity contribution in [2.75, 3.05) is 13.1 Å². The predicted octanol–water partition coefficient (Wildman–Crippen LogP) is 2.02. The molecule has 0 unspecified atom stereocenters. The van der Waals surface area contributed by atoms with Gasteiger partial charge in [-0.15, -0.1) is 0 Å². The minimum Gasteiger partial charge on any atom is -0.392 e. The van der Waals surface area contributed by atoms with Gasteiger partial charge in [-0.2, -0.15) is 0 Å². The maximum absolute atomic E-state index is 10.2. The van der Waals surface area contributed by atoms with Gasteiger partial charge >= 0.3 is 0 Å². The molecule has 2 heteroatoms. The highest BCUT2D eigenvalue weighted by Gasteiger charge is 2.45. The van der Waals surface area contributed by atoms with Crippen molar-refractivity contribution in [1.82, 2.24) is 4.90 Å². The third-order valence-corrected chi connectivity index (χ3v) is 4.98. The molecule has 1 aliphatic heterocycles. The SMILES string of the molecule is O[C@H]1[C@H]2CC[C@H]1[C@H](N1CCCCC1)CC2. The van der Waals surface area contributed by atoms with Gasteiger partial charge in [0.25, 0.3) is 0 Å². The van der Waals surface area contributed by atoms with E-state index in [4.69, 9.17) is 0 Å². The first-order valence-corrected chi connectivity index (χ1v) is 6.78. The lowest BCUT2D eigenvalue weighted by Crippen LogP contribution is -2.48. The Morgan fingerprint density at radius 3 is 2.40 bits per heavy atom. The van der Waals surface area contributed by atoms with Crippen molar-refractivity contribution in [2.24, 2.45) is 11.8 Å². The van der Waals surface area contributed by atoms with E-state index in [-0.39, 0.29) is 6.10 Å². The molecule has 15 heavy (non-hydrogen) atoms. The largest absolute Gasteiger partial charge is 0.392 e. The quantitative estimate of drug-likeness (QED) is 0.714. The van der Waals surface area contributed by atoms with Crippen molar-refractivity contribution in [1.29, 1.82) is 0 Å². The Balaban J connectivity index is 1.69. The van der Waals surface area contributed by atoms with Crippen LogP contribution in [0.4, 0.5) is 0 Å². The number of rotatable bonds is 1. The Kier molecular flexibility index (Phi) is 2.73. The molecule has 2 bridgehead atoms. The van der Waals surface area contributed by atoms with Gasteiger partial charge in [-0.3, -0.25) is 0 Å². The van der Waals surface area contributed by atoms with Crippen LogP contribution in [0.3, 0.4) is 0 Å². The van der Waals surface area contributed by atoms with Crippen LogP contribution in [-0.2, 0) is 0 Å². The van der Waals surface area contributed by atoms with Gasteiger partial charge in [0.05, 0.1) is 6.10 Å². The molecule has 0 radical (unpaired) electrons. The molecule has 1 N–H and O–H groups in total. The molecule has 2 nitrogen and oxygen atoms in total. The lowest BCUT2D eigenvalue weighted by molar-refractivity contribution is -0.00651. The number of hydrogen-bond acceptors (Lipinski definition) is 2. The van der Waals surface area contributed by atoms with Gasteiger partial charge in [0.15, 0.2) is 0 Å². The van der Waals surface area contributed by atoms with Crippen molar-refractivity contribution in [2.45, 2.75) is 57.1 Å². The van der Waals surface area contributed by atoms with Crippen LogP contribution in [0.15, 0.2) is 0 Å². The number of aliphatic hydroxyl groups excluding tert-OH is 1. The fraction of sp³-hybridized carbons (Fsp3) is 1.00. The fourth-order valence-corrected chi connectivity index (χ4v) is 4.14. The fourth-order valence-electron chi connectivity index (χ4n) is 4.14. The van der Waals surface area contributed by atoms with E-state index in [1.165, 1.54) is 58.0 Å². The highest BCUT2D eigenvalue weighted by Crippen LogP contribution is 2.44. The minimum atomic E-state index is 0.0330. The van der Waals surface area contributed by atoms with Crippen molar-refractivity contribution < 1.29 is 5.11 Å². The van der Waals surface area contributed by atoms with E-state index in [2.05, 4.69) is 4.90 Å². The lowest BCUT2D eigenvalue weighted by Gasteiger charge is -2.42. The van der Waals surface area contributed by atoms with Crippen molar-refractivity contribution in [3.8, 4) is 0 Å². The van der Waals surface area contributed by atoms with Crippen LogP contribution in [0, 0.1) is 11.8 Å². The van der Waals surface area contributed by atoms with Crippen LogP contribution in [0.5, 0.6) is 0 Å². The predicted molar refractivity (Wildman–Crippen MR) is 60.7 cm³/mol. The summed E-state index contributed by atoms with van der Waals surface area (Å²) in [7, 11) is 0. The summed E-state index contributed by atoms with van der Waals surface area (Å²) in [6.07, 6.45) is 9.41. The summed E-state index contributed by atoms with van der Waals surface area (Å²) in [5.74, 6) is 1.26. The Morgan fingerprint density at radius 1 is 0.867 bits per heavy atom. The summed E-state index contributed by atoms with van der Waals surface area (Å²) in [6.45, 7) is 2.58. The Hall–Kier alpha value is -0.0800. The number of likely N-dealkylation sites (tertiary alicyclic amines) is 1. The Labute approximate surface area is 92.7 Å². The van der Waals surface area contributed by atoms with E-state index in [9.17, 15) is 5.11 Å². The molecule has 3 aliphatic rings. The van der Waals surface area contributed by atoms with Crippen molar-refractivity contribution in [3.05, 3.63) is 0 Å². The van der Waals surface area contributed by atoms with Crippen LogP contribution in [0.25, 0.3) is 0 Å². The normalized spacial score (nSPS) is 47.0. The van der Waals surface area contributed by atoms with Gasteiger partial charge in [0, 0.05) is 12.0 Å². The van der Waals surface area contributed by atoms with Gasteiger partial charge in [0.1, 0.15) is 0 Å². The first-order chi connectivity index (χ1) is 7.36. The summed E-state index contributed by atoms with van der Waals surface area (Å²) in [5.41, 5.74) is 0. The molecule has 0 aromatic heterocycles. The highest BCUT2D eigenvalue weighted by molar-refractivity contribution is 4.97. The van der Waals surface area contributed by atoms with E-state index in [0.717, 1.165) is 6.04 Å². The molecule has 3 rings (SSSR count). The molecule has 2 aliphatic carbocycles. The van der Waals surface area contributed by atoms with Crippen molar-refractivity contribution in [3.63, 3.8) is 0 Å². The van der Waals surface area contributed by atoms with Crippen LogP contribution >= 0.6 is 0 Å². The molecule has 4 atom stereocenters. The van der Waals surface area contributed by atoms with Crippen LogP contribution in [0.1, 0.15) is 44.9 Å². The topological polar surface area (TPSA) is 23.5 Å². The number of nitrogens with zero attached hydrogens (tertiary/aromatic N) is 1. The van der Waals surface area contributed by atoms with Gasteiger partial charge in [-0.1, -0.05) is 6.42 Å². The highest BCUT2D eigenvalue weighted by atomic mass is 16.3. The maximum Gasteiger partial charge on any atom is 0.0611 e. The molecule has 2 saturated carbocycles. The summed E-state index contributed by atoms with van der Waals surface area (Å²) in [5, 5.41) is 10.2. The molecule has 0 aromatic carbocycles. The van der Waals surface area contributed by atoms with E-state index in [0.29, 0.717) is 11.8 Å². The van der Waals surface area contributed by atoms with Crippen molar-refractivity contribution >= 4 is 0 Å². The van der Waals surface area contributed by atoms with E-state index >= 15 is 0 Å². The molecule has 0 amide bonds. The Bertz CT molecular complexity index is 225. The monoisotopic (exact) mass is 209 g/mol. The smallest absolute Gasteiger partial charge is 0.0611 e. The molecule has 0 aromatic rings. The van der Waals surface area contributed by atoms with Gasteiger partial charge in [0.2, 0.25) is 0 Å². The van der Waals surface area contributed by atoms with Gasteiger partial charge < -0.3 is 10.0 Å². The average Bonchev–Trinajstić information content (AvgIpc) is 2.54. The Morgan fingerprint density at radius 2 is 1.60 bits per heavy atom. The first-order valence-electron chi connectivity index (χ1n) is 6.78. The summed E-state index contributed by atoms with van der Waals surface area (Å²) in [6, 6.07) is 0.721. The molecule has 3 fully saturated rings. The number of hydrogen-bond donors (Lipinski definition) is 1. The van der Waals surface area contributed by atoms with E-state index in [1.807, 2.05) is 0 Å². The standard InChI is InChI=1S/C13H23NO/c15-13-10-4-6-11(13)12(7-5-10)14-8-2-1-3-9-14/h10-13,15H,1-9H2/t10-,11-,12+,13-/m0/s1. The van der Waals surface area contributed by atoms with Crippen LogP contribution < -0.4 is 0 Å². The number of piperidine rings is 1. The third-order valence-electron chi connectivity index (χ3n) is 4.98. The molecular weight excluding hydrogens is 186 g/mol. The second-order valence-electron chi connectivity index (χ2n) is 5.73. The zero-order valence-electron chi connectivity index (χ0n) is 9.57. The molecule has 0 spiro atoms. The summed E-state index contributed by atoms with van der Waals surface area (Å²) < 4.78 is 0. The second-order valence-corrected chi connectivity index (χ2v) is 5.73. The zero-order valence-corrected chi connectivity index (χ0v) is 9.57. The summed E-state index contributed by atoms with van der Waals surface area (Å²) in [4.78, 5) is 2.68. The summed E-state index contributed by atoms with van der Waals surface area (Å²) >= 11 is 0. The third kappa shape index (κ3) is 1.72. The average molecular weight is 209 g/mol. The lowest BCUT2D eigenvalue weighted by atomic mass is 9.81. The molecule has 1 heterocycles. The number of aliphatic hydroxyl groups is 1. The molecule has 86 valence electrons. The molecule has 1 saturated heterocycles. The van der Waals surface area contributed by atoms with Gasteiger partial charge in [-0.05, 0) is 57.5 Å². The first kappa shape index (κ1) is 10.1. The maximum atomic E-state index is 10.2. The number of fused-ring (bicyclic) bond motifs is 2. The minimum absolute atomic E-state index is 0.0330. The van der Waals surface area contributed by atoms with Crippen LogP contribution in [0.2, 0.25) is 0 Å². The zero-order chi connectivity index (χ0) is 10.3. The van der Waals surface area contributed by atoms with Crippen LogP contribution in [-0.4, -0.2) is 35.2 Å². The molecular formula is C13H23NO. The van der Waals surface area contributed by atoms with E-state index < -0.39 is 0 Å². The van der Waals surface area contributed by atoms with Gasteiger partial charge in [-0.25, -0.2) is 0 Å². The van der Waals surface area contributed by atoms with E-state index in [1.54, 1.807) is 0 Å². The second kappa shape index (κ2) is 4.06.